The molecular formula is C19H28N4O. The van der Waals surface area contributed by atoms with Gasteiger partial charge in [0.05, 0.1) is 6.20 Å². The summed E-state index contributed by atoms with van der Waals surface area (Å²) in [6, 6.07) is 7.91. The summed E-state index contributed by atoms with van der Waals surface area (Å²) in [4.78, 5) is 17.0. The molecule has 2 aromatic rings. The van der Waals surface area contributed by atoms with Gasteiger partial charge in [-0.1, -0.05) is 29.8 Å². The van der Waals surface area contributed by atoms with Crippen molar-refractivity contribution in [2.75, 3.05) is 20.6 Å². The SMILES string of the molecule is CCN(Cc1cnn(CC)c1)C(=O)C(c1cccc(C)c1)N(C)C. The van der Waals surface area contributed by atoms with Crippen LogP contribution >= 0.6 is 0 Å². The molecule has 1 unspecified atom stereocenters. The largest absolute Gasteiger partial charge is 0.337 e. The van der Waals surface area contributed by atoms with Crippen molar-refractivity contribution in [3.8, 4) is 0 Å². The summed E-state index contributed by atoms with van der Waals surface area (Å²) in [5.41, 5.74) is 3.26. The van der Waals surface area contributed by atoms with E-state index in [1.165, 1.54) is 5.56 Å². The lowest BCUT2D eigenvalue weighted by atomic mass is 10.0. The standard InChI is InChI=1S/C19H28N4O/c1-6-22(13-16-12-20-23(7-2)14-16)19(24)18(21(4)5)17-10-8-9-15(3)11-17/h8-12,14,18H,6-7,13H2,1-5H3. The van der Waals surface area contributed by atoms with Crippen molar-refractivity contribution in [2.24, 2.45) is 0 Å². The summed E-state index contributed by atoms with van der Waals surface area (Å²) in [6.07, 6.45) is 3.85. The molecule has 2 rings (SSSR count). The van der Waals surface area contributed by atoms with Crippen LogP contribution in [0.5, 0.6) is 0 Å². The number of rotatable bonds is 7. The smallest absolute Gasteiger partial charge is 0.244 e. The quantitative estimate of drug-likeness (QED) is 0.785. The van der Waals surface area contributed by atoms with Crippen molar-refractivity contribution in [2.45, 2.75) is 39.9 Å². The second-order valence-corrected chi connectivity index (χ2v) is 6.34. The number of carbonyl (C=O) groups is 1. The maximum absolute atomic E-state index is 13.2. The summed E-state index contributed by atoms with van der Waals surface area (Å²) in [7, 11) is 3.90. The normalized spacial score (nSPS) is 12.4. The van der Waals surface area contributed by atoms with Crippen molar-refractivity contribution in [3.63, 3.8) is 0 Å². The van der Waals surface area contributed by atoms with Gasteiger partial charge in [0.15, 0.2) is 0 Å². The van der Waals surface area contributed by atoms with Gasteiger partial charge in [0.1, 0.15) is 6.04 Å². The zero-order chi connectivity index (χ0) is 17.7. The maximum Gasteiger partial charge on any atom is 0.244 e. The van der Waals surface area contributed by atoms with E-state index in [1.807, 2.05) is 60.0 Å². The van der Waals surface area contributed by atoms with Gasteiger partial charge in [-0.25, -0.2) is 0 Å². The Balaban J connectivity index is 2.23. The Kier molecular flexibility index (Phi) is 6.15. The first kappa shape index (κ1) is 18.2. The maximum atomic E-state index is 13.2. The van der Waals surface area contributed by atoms with Crippen molar-refractivity contribution >= 4 is 5.91 Å². The van der Waals surface area contributed by atoms with Crippen LogP contribution in [-0.2, 0) is 17.9 Å². The van der Waals surface area contributed by atoms with Crippen LogP contribution in [0.4, 0.5) is 0 Å². The topological polar surface area (TPSA) is 41.4 Å². The number of nitrogens with zero attached hydrogens (tertiary/aromatic N) is 4. The first-order valence-corrected chi connectivity index (χ1v) is 8.49. The highest BCUT2D eigenvalue weighted by Crippen LogP contribution is 2.23. The monoisotopic (exact) mass is 328 g/mol. The van der Waals surface area contributed by atoms with Crippen molar-refractivity contribution in [1.82, 2.24) is 19.6 Å². The summed E-state index contributed by atoms with van der Waals surface area (Å²) in [6.45, 7) is 8.23. The van der Waals surface area contributed by atoms with Gasteiger partial charge in [-0.3, -0.25) is 14.4 Å². The number of likely N-dealkylation sites (N-methyl/N-ethyl adjacent to an activating group) is 2. The molecule has 0 aliphatic carbocycles. The molecule has 0 saturated carbocycles. The van der Waals surface area contributed by atoms with Crippen molar-refractivity contribution in [1.29, 1.82) is 0 Å². The molecule has 5 nitrogen and oxygen atoms in total. The Bertz CT molecular complexity index is 678. The molecule has 0 fully saturated rings. The lowest BCUT2D eigenvalue weighted by Crippen LogP contribution is -2.40. The fourth-order valence-electron chi connectivity index (χ4n) is 2.90. The minimum Gasteiger partial charge on any atom is -0.337 e. The molecule has 0 radical (unpaired) electrons. The fourth-order valence-corrected chi connectivity index (χ4v) is 2.90. The van der Waals surface area contributed by atoms with Gasteiger partial charge in [0, 0.05) is 31.4 Å². The van der Waals surface area contributed by atoms with Crippen molar-refractivity contribution < 1.29 is 4.79 Å². The molecule has 5 heteroatoms. The van der Waals surface area contributed by atoms with Gasteiger partial charge in [-0.05, 0) is 40.4 Å². The molecule has 0 bridgehead atoms. The predicted molar refractivity (Wildman–Crippen MR) is 96.6 cm³/mol. The van der Waals surface area contributed by atoms with E-state index < -0.39 is 0 Å². The molecule has 1 aromatic carbocycles. The Labute approximate surface area is 144 Å². The van der Waals surface area contributed by atoms with Crippen LogP contribution in [0.2, 0.25) is 0 Å². The average Bonchev–Trinajstić information content (AvgIpc) is 3.00. The molecule has 130 valence electrons. The number of aryl methyl sites for hydroxylation is 2. The van der Waals surface area contributed by atoms with Gasteiger partial charge in [0.2, 0.25) is 5.91 Å². The van der Waals surface area contributed by atoms with Crippen molar-refractivity contribution in [3.05, 3.63) is 53.3 Å². The number of hydrogen-bond acceptors (Lipinski definition) is 3. The predicted octanol–water partition coefficient (Wildman–Crippen LogP) is 2.86. The first-order chi connectivity index (χ1) is 11.5. The summed E-state index contributed by atoms with van der Waals surface area (Å²) in [5.74, 6) is 0.123. The highest BCUT2D eigenvalue weighted by molar-refractivity contribution is 5.83. The third-order valence-electron chi connectivity index (χ3n) is 4.19. The molecule has 1 atom stereocenters. The molecule has 0 aliphatic rings. The second-order valence-electron chi connectivity index (χ2n) is 6.34. The molecule has 0 spiro atoms. The van der Waals surface area contributed by atoms with Gasteiger partial charge in [0.25, 0.3) is 0 Å². The third-order valence-corrected chi connectivity index (χ3v) is 4.19. The Morgan fingerprint density at radius 2 is 2.04 bits per heavy atom. The minimum atomic E-state index is -0.272. The van der Waals surface area contributed by atoms with E-state index in [0.717, 1.165) is 17.7 Å². The molecule has 24 heavy (non-hydrogen) atoms. The van der Waals surface area contributed by atoms with Crippen LogP contribution in [-0.4, -0.2) is 46.1 Å². The van der Waals surface area contributed by atoms with Gasteiger partial charge in [-0.2, -0.15) is 5.10 Å². The third kappa shape index (κ3) is 4.23. The second kappa shape index (κ2) is 8.11. The van der Waals surface area contributed by atoms with Gasteiger partial charge >= 0.3 is 0 Å². The summed E-state index contributed by atoms with van der Waals surface area (Å²) >= 11 is 0. The highest BCUT2D eigenvalue weighted by Gasteiger charge is 2.27. The summed E-state index contributed by atoms with van der Waals surface area (Å²) in [5, 5.41) is 4.30. The van der Waals surface area contributed by atoms with Crippen LogP contribution in [0, 0.1) is 6.92 Å². The van der Waals surface area contributed by atoms with E-state index in [1.54, 1.807) is 0 Å². The van der Waals surface area contributed by atoms with E-state index in [-0.39, 0.29) is 11.9 Å². The molecule has 1 aromatic heterocycles. The number of amides is 1. The van der Waals surface area contributed by atoms with Gasteiger partial charge in [-0.15, -0.1) is 0 Å². The van der Waals surface area contributed by atoms with Gasteiger partial charge < -0.3 is 4.90 Å². The Hall–Kier alpha value is -2.14. The molecular weight excluding hydrogens is 300 g/mol. The number of carbonyl (C=O) groups excluding carboxylic acids is 1. The molecule has 0 N–H and O–H groups in total. The lowest BCUT2D eigenvalue weighted by molar-refractivity contribution is -0.136. The lowest BCUT2D eigenvalue weighted by Gasteiger charge is -2.30. The fraction of sp³-hybridized carbons (Fsp3) is 0.474. The molecule has 1 amide bonds. The van der Waals surface area contributed by atoms with Crippen LogP contribution in [0.3, 0.4) is 0 Å². The average molecular weight is 328 g/mol. The van der Waals surface area contributed by atoms with E-state index in [9.17, 15) is 4.79 Å². The minimum absolute atomic E-state index is 0.123. The number of hydrogen-bond donors (Lipinski definition) is 0. The number of aromatic nitrogens is 2. The summed E-state index contributed by atoms with van der Waals surface area (Å²) < 4.78 is 1.89. The molecule has 1 heterocycles. The Morgan fingerprint density at radius 1 is 1.29 bits per heavy atom. The van der Waals surface area contributed by atoms with Crippen LogP contribution in [0.1, 0.15) is 36.6 Å². The zero-order valence-corrected chi connectivity index (χ0v) is 15.4. The van der Waals surface area contributed by atoms with Crippen LogP contribution in [0.15, 0.2) is 36.7 Å². The molecule has 0 saturated heterocycles. The number of benzene rings is 1. The van der Waals surface area contributed by atoms with Crippen LogP contribution < -0.4 is 0 Å². The van der Waals surface area contributed by atoms with E-state index in [4.69, 9.17) is 0 Å². The molecule has 0 aliphatic heterocycles. The first-order valence-electron chi connectivity index (χ1n) is 8.49. The zero-order valence-electron chi connectivity index (χ0n) is 15.4. The van der Waals surface area contributed by atoms with E-state index in [0.29, 0.717) is 13.1 Å². The van der Waals surface area contributed by atoms with E-state index in [2.05, 4.69) is 31.1 Å². The van der Waals surface area contributed by atoms with Crippen LogP contribution in [0.25, 0.3) is 0 Å². The highest BCUT2D eigenvalue weighted by atomic mass is 16.2. The van der Waals surface area contributed by atoms with E-state index >= 15 is 0 Å². The Morgan fingerprint density at radius 3 is 2.58 bits per heavy atom.